The summed E-state index contributed by atoms with van der Waals surface area (Å²) in [4.78, 5) is 0. The first-order valence-electron chi connectivity index (χ1n) is 5.91. The number of ether oxygens (including phenoxy) is 1. The fourth-order valence-corrected chi connectivity index (χ4v) is 1.65. The van der Waals surface area contributed by atoms with Crippen molar-refractivity contribution in [1.29, 1.82) is 0 Å². The number of phenolic OH excluding ortho intramolecular Hbond substituents is 1. The van der Waals surface area contributed by atoms with Gasteiger partial charge in [-0.15, -0.1) is 0 Å². The van der Waals surface area contributed by atoms with Crippen molar-refractivity contribution >= 4 is 0 Å². The van der Waals surface area contributed by atoms with Crippen molar-refractivity contribution in [2.45, 2.75) is 19.6 Å². The molecule has 0 amide bonds. The minimum absolute atomic E-state index is 0.00206. The summed E-state index contributed by atoms with van der Waals surface area (Å²) in [5.41, 5.74) is 7.89. The predicted octanol–water partition coefficient (Wildman–Crippen LogP) is 2.99. The van der Waals surface area contributed by atoms with E-state index in [-0.39, 0.29) is 11.8 Å². The number of aromatic hydroxyl groups is 1. The van der Waals surface area contributed by atoms with E-state index in [1.807, 2.05) is 43.3 Å². The van der Waals surface area contributed by atoms with Crippen molar-refractivity contribution in [2.75, 3.05) is 0 Å². The Bertz CT molecular complexity index is 506. The lowest BCUT2D eigenvalue weighted by Crippen LogP contribution is -2.05. The highest BCUT2D eigenvalue weighted by molar-refractivity contribution is 5.31. The predicted molar refractivity (Wildman–Crippen MR) is 71.5 cm³/mol. The third-order valence-corrected chi connectivity index (χ3v) is 2.73. The van der Waals surface area contributed by atoms with Crippen LogP contribution < -0.4 is 10.5 Å². The number of hydrogen-bond donors (Lipinski definition) is 2. The molecule has 0 unspecified atom stereocenters. The van der Waals surface area contributed by atoms with Gasteiger partial charge in [0.15, 0.2) is 0 Å². The third-order valence-electron chi connectivity index (χ3n) is 2.73. The molecule has 0 aromatic heterocycles. The second kappa shape index (κ2) is 5.56. The lowest BCUT2D eigenvalue weighted by Gasteiger charge is -2.10. The topological polar surface area (TPSA) is 55.5 Å². The van der Waals surface area contributed by atoms with Gasteiger partial charge in [-0.05, 0) is 42.3 Å². The first-order valence-corrected chi connectivity index (χ1v) is 5.91. The highest BCUT2D eigenvalue weighted by Crippen LogP contribution is 2.19. The molecule has 3 nitrogen and oxygen atoms in total. The van der Waals surface area contributed by atoms with E-state index in [0.717, 1.165) is 16.9 Å². The molecular weight excluding hydrogens is 226 g/mol. The number of hydrogen-bond acceptors (Lipinski definition) is 3. The van der Waals surface area contributed by atoms with Gasteiger partial charge in [-0.25, -0.2) is 0 Å². The average molecular weight is 243 g/mol. The highest BCUT2D eigenvalue weighted by atomic mass is 16.5. The van der Waals surface area contributed by atoms with E-state index < -0.39 is 0 Å². The Kier molecular flexibility index (Phi) is 3.85. The van der Waals surface area contributed by atoms with Crippen LogP contribution in [0.5, 0.6) is 11.5 Å². The molecule has 2 rings (SSSR count). The van der Waals surface area contributed by atoms with Gasteiger partial charge in [-0.2, -0.15) is 0 Å². The number of phenols is 1. The molecule has 3 N–H and O–H groups in total. The molecule has 0 aliphatic heterocycles. The summed E-state index contributed by atoms with van der Waals surface area (Å²) in [7, 11) is 0. The maximum Gasteiger partial charge on any atom is 0.120 e. The van der Waals surface area contributed by atoms with Gasteiger partial charge in [-0.1, -0.05) is 24.3 Å². The van der Waals surface area contributed by atoms with Crippen LogP contribution in [-0.2, 0) is 6.61 Å². The van der Waals surface area contributed by atoms with Crippen LogP contribution in [0, 0.1) is 0 Å². The van der Waals surface area contributed by atoms with Crippen molar-refractivity contribution < 1.29 is 9.84 Å². The largest absolute Gasteiger partial charge is 0.508 e. The van der Waals surface area contributed by atoms with Crippen LogP contribution >= 0.6 is 0 Å². The molecular formula is C15H17NO2. The summed E-state index contributed by atoms with van der Waals surface area (Å²) in [6.07, 6.45) is 0. The van der Waals surface area contributed by atoms with Gasteiger partial charge in [-0.3, -0.25) is 0 Å². The van der Waals surface area contributed by atoms with Crippen molar-refractivity contribution in [1.82, 2.24) is 0 Å². The molecule has 3 heteroatoms. The molecule has 0 saturated carbocycles. The quantitative estimate of drug-likeness (QED) is 0.868. The third kappa shape index (κ3) is 3.25. The Labute approximate surface area is 107 Å². The smallest absolute Gasteiger partial charge is 0.120 e. The molecule has 0 radical (unpaired) electrons. The van der Waals surface area contributed by atoms with Gasteiger partial charge in [0, 0.05) is 6.04 Å². The monoisotopic (exact) mass is 243 g/mol. The summed E-state index contributed by atoms with van der Waals surface area (Å²) in [5, 5.41) is 9.18. The Balaban J connectivity index is 2.01. The Morgan fingerprint density at radius 3 is 2.56 bits per heavy atom. The number of benzene rings is 2. The second-order valence-electron chi connectivity index (χ2n) is 4.32. The van der Waals surface area contributed by atoms with Gasteiger partial charge < -0.3 is 15.6 Å². The van der Waals surface area contributed by atoms with Crippen LogP contribution in [0.3, 0.4) is 0 Å². The molecule has 2 aromatic carbocycles. The molecule has 0 saturated heterocycles. The molecule has 0 aliphatic rings. The van der Waals surface area contributed by atoms with E-state index in [1.165, 1.54) is 0 Å². The van der Waals surface area contributed by atoms with Gasteiger partial charge in [0.05, 0.1) is 0 Å². The van der Waals surface area contributed by atoms with E-state index in [0.29, 0.717) is 6.61 Å². The normalized spacial score (nSPS) is 12.1. The lowest BCUT2D eigenvalue weighted by atomic mass is 10.1. The SMILES string of the molecule is C[C@@H](N)c1cccc(OCc2ccc(O)cc2)c1. The fraction of sp³-hybridized carbons (Fsp3) is 0.200. The molecule has 1 atom stereocenters. The molecule has 0 bridgehead atoms. The summed E-state index contributed by atoms with van der Waals surface area (Å²) in [6.45, 7) is 2.42. The van der Waals surface area contributed by atoms with Crippen molar-refractivity contribution in [3.63, 3.8) is 0 Å². The summed E-state index contributed by atoms with van der Waals surface area (Å²) in [5.74, 6) is 1.07. The van der Waals surface area contributed by atoms with Crippen LogP contribution in [0.25, 0.3) is 0 Å². The summed E-state index contributed by atoms with van der Waals surface area (Å²) < 4.78 is 5.69. The van der Waals surface area contributed by atoms with Crippen LogP contribution in [0.4, 0.5) is 0 Å². The van der Waals surface area contributed by atoms with Crippen molar-refractivity contribution in [3.8, 4) is 11.5 Å². The average Bonchev–Trinajstić information content (AvgIpc) is 2.38. The Morgan fingerprint density at radius 2 is 1.89 bits per heavy atom. The summed E-state index contributed by atoms with van der Waals surface area (Å²) >= 11 is 0. The van der Waals surface area contributed by atoms with E-state index in [2.05, 4.69) is 0 Å². The fourth-order valence-electron chi connectivity index (χ4n) is 1.65. The Hall–Kier alpha value is -2.00. The van der Waals surface area contributed by atoms with Gasteiger partial charge in [0.25, 0.3) is 0 Å². The van der Waals surface area contributed by atoms with Crippen molar-refractivity contribution in [3.05, 3.63) is 59.7 Å². The highest BCUT2D eigenvalue weighted by Gasteiger charge is 2.01. The van der Waals surface area contributed by atoms with Crippen LogP contribution in [-0.4, -0.2) is 5.11 Å². The van der Waals surface area contributed by atoms with E-state index in [9.17, 15) is 5.11 Å². The molecule has 0 spiro atoms. The number of rotatable bonds is 4. The maximum atomic E-state index is 9.18. The standard InChI is InChI=1S/C15H17NO2/c1-11(16)13-3-2-4-15(9-13)18-10-12-5-7-14(17)8-6-12/h2-9,11,17H,10,16H2,1H3/t11-/m1/s1. The van der Waals surface area contributed by atoms with E-state index in [4.69, 9.17) is 10.5 Å². The first kappa shape index (κ1) is 12.5. The molecule has 0 fully saturated rings. The van der Waals surface area contributed by atoms with Crippen LogP contribution in [0.2, 0.25) is 0 Å². The zero-order valence-electron chi connectivity index (χ0n) is 10.3. The minimum atomic E-state index is 0.00206. The number of nitrogens with two attached hydrogens (primary N) is 1. The molecule has 0 aliphatic carbocycles. The zero-order chi connectivity index (χ0) is 13.0. The first-order chi connectivity index (χ1) is 8.65. The van der Waals surface area contributed by atoms with Crippen LogP contribution in [0.15, 0.2) is 48.5 Å². The van der Waals surface area contributed by atoms with Gasteiger partial charge in [0.2, 0.25) is 0 Å². The van der Waals surface area contributed by atoms with E-state index in [1.54, 1.807) is 12.1 Å². The summed E-state index contributed by atoms with van der Waals surface area (Å²) in [6, 6.07) is 14.8. The lowest BCUT2D eigenvalue weighted by molar-refractivity contribution is 0.305. The van der Waals surface area contributed by atoms with E-state index >= 15 is 0 Å². The van der Waals surface area contributed by atoms with Crippen LogP contribution in [0.1, 0.15) is 24.1 Å². The molecule has 94 valence electrons. The Morgan fingerprint density at radius 1 is 1.17 bits per heavy atom. The molecule has 18 heavy (non-hydrogen) atoms. The molecule has 2 aromatic rings. The minimum Gasteiger partial charge on any atom is -0.508 e. The zero-order valence-corrected chi connectivity index (χ0v) is 10.3. The van der Waals surface area contributed by atoms with Crippen molar-refractivity contribution in [2.24, 2.45) is 5.73 Å². The van der Waals surface area contributed by atoms with Gasteiger partial charge >= 0.3 is 0 Å². The molecule has 0 heterocycles. The maximum absolute atomic E-state index is 9.18. The van der Waals surface area contributed by atoms with Gasteiger partial charge in [0.1, 0.15) is 18.1 Å². The second-order valence-corrected chi connectivity index (χ2v) is 4.32.